The average Bonchev–Trinajstić information content (AvgIpc) is 2.04. The van der Waals surface area contributed by atoms with Crippen molar-refractivity contribution >= 4 is 5.82 Å². The molecule has 0 unspecified atom stereocenters. The SMILES string of the molecule is C/C=C/C(F)(F)c1cncc(N)n1. The van der Waals surface area contributed by atoms with Crippen LogP contribution in [0, 0.1) is 0 Å². The highest BCUT2D eigenvalue weighted by molar-refractivity contribution is 5.26. The minimum Gasteiger partial charge on any atom is -0.382 e. The molecule has 3 nitrogen and oxygen atoms in total. The van der Waals surface area contributed by atoms with Crippen LogP contribution in [0.1, 0.15) is 12.6 Å². The van der Waals surface area contributed by atoms with Gasteiger partial charge in [0.15, 0.2) is 0 Å². The molecule has 1 aromatic heterocycles. The van der Waals surface area contributed by atoms with Gasteiger partial charge in [-0.2, -0.15) is 8.78 Å². The van der Waals surface area contributed by atoms with Gasteiger partial charge in [0.1, 0.15) is 11.5 Å². The predicted molar refractivity (Wildman–Crippen MR) is 45.2 cm³/mol. The summed E-state index contributed by atoms with van der Waals surface area (Å²) < 4.78 is 26.2. The number of anilines is 1. The van der Waals surface area contributed by atoms with Crippen molar-refractivity contribution in [1.82, 2.24) is 9.97 Å². The van der Waals surface area contributed by atoms with Gasteiger partial charge in [0.2, 0.25) is 0 Å². The van der Waals surface area contributed by atoms with Gasteiger partial charge >= 0.3 is 5.92 Å². The third-order valence-electron chi connectivity index (χ3n) is 1.37. The maximum Gasteiger partial charge on any atom is 0.309 e. The molecule has 0 fully saturated rings. The molecule has 5 heteroatoms. The zero-order valence-corrected chi connectivity index (χ0v) is 7.04. The standard InChI is InChI=1S/C8H9F2N3/c1-2-3-8(9,10)6-4-12-5-7(11)13-6/h2-5H,1H3,(H2,11,13)/b3-2+. The van der Waals surface area contributed by atoms with Crippen LogP contribution in [-0.2, 0) is 5.92 Å². The third kappa shape index (κ3) is 2.21. The first-order valence-electron chi connectivity index (χ1n) is 3.66. The van der Waals surface area contributed by atoms with Crippen LogP contribution in [0.2, 0.25) is 0 Å². The molecule has 1 aromatic rings. The number of nitrogens with two attached hydrogens (primary N) is 1. The lowest BCUT2D eigenvalue weighted by Crippen LogP contribution is -2.13. The van der Waals surface area contributed by atoms with Crippen molar-refractivity contribution in [2.45, 2.75) is 12.8 Å². The van der Waals surface area contributed by atoms with E-state index in [1.807, 2.05) is 0 Å². The van der Waals surface area contributed by atoms with Crippen molar-refractivity contribution in [2.75, 3.05) is 5.73 Å². The summed E-state index contributed by atoms with van der Waals surface area (Å²) in [6.07, 6.45) is 4.22. The molecule has 70 valence electrons. The smallest absolute Gasteiger partial charge is 0.309 e. The quantitative estimate of drug-likeness (QED) is 0.714. The summed E-state index contributed by atoms with van der Waals surface area (Å²) in [5.74, 6) is -3.11. The van der Waals surface area contributed by atoms with E-state index < -0.39 is 11.6 Å². The van der Waals surface area contributed by atoms with Gasteiger partial charge in [-0.3, -0.25) is 4.98 Å². The molecule has 0 radical (unpaired) electrons. The number of hydrogen-bond acceptors (Lipinski definition) is 3. The van der Waals surface area contributed by atoms with Gasteiger partial charge in [0.05, 0.1) is 12.4 Å². The fraction of sp³-hybridized carbons (Fsp3) is 0.250. The summed E-state index contributed by atoms with van der Waals surface area (Å²) in [6, 6.07) is 0. The molecule has 0 aliphatic carbocycles. The number of aromatic nitrogens is 2. The van der Waals surface area contributed by atoms with Gasteiger partial charge in [-0.15, -0.1) is 0 Å². The fourth-order valence-electron chi connectivity index (χ4n) is 0.836. The lowest BCUT2D eigenvalue weighted by atomic mass is 10.2. The molecule has 0 saturated heterocycles. The summed E-state index contributed by atoms with van der Waals surface area (Å²) in [7, 11) is 0. The van der Waals surface area contributed by atoms with E-state index in [-0.39, 0.29) is 5.82 Å². The maximum absolute atomic E-state index is 13.1. The first-order valence-corrected chi connectivity index (χ1v) is 3.66. The predicted octanol–water partition coefficient (Wildman–Crippen LogP) is 1.73. The normalized spacial score (nSPS) is 12.2. The number of rotatable bonds is 2. The lowest BCUT2D eigenvalue weighted by molar-refractivity contribution is 0.0468. The van der Waals surface area contributed by atoms with E-state index in [0.29, 0.717) is 0 Å². The fourth-order valence-corrected chi connectivity index (χ4v) is 0.836. The highest BCUT2D eigenvalue weighted by atomic mass is 19.3. The van der Waals surface area contributed by atoms with E-state index in [4.69, 9.17) is 5.73 Å². The number of nitrogens with zero attached hydrogens (tertiary/aromatic N) is 2. The Bertz CT molecular complexity index is 323. The maximum atomic E-state index is 13.1. The number of nitrogen functional groups attached to an aromatic ring is 1. The van der Waals surface area contributed by atoms with E-state index in [1.165, 1.54) is 19.2 Å². The number of halogens is 2. The minimum atomic E-state index is -3.10. The average molecular weight is 185 g/mol. The summed E-state index contributed by atoms with van der Waals surface area (Å²) in [6.45, 7) is 1.51. The lowest BCUT2D eigenvalue weighted by Gasteiger charge is -2.09. The molecule has 0 amide bonds. The van der Waals surface area contributed by atoms with Gasteiger partial charge in [0.25, 0.3) is 0 Å². The molecule has 0 aliphatic rings. The van der Waals surface area contributed by atoms with E-state index in [1.54, 1.807) is 0 Å². The second kappa shape index (κ2) is 3.47. The van der Waals surface area contributed by atoms with Crippen LogP contribution in [0.4, 0.5) is 14.6 Å². The van der Waals surface area contributed by atoms with Crippen molar-refractivity contribution in [3.05, 3.63) is 30.2 Å². The summed E-state index contributed by atoms with van der Waals surface area (Å²) in [4.78, 5) is 7.01. The molecule has 0 bridgehead atoms. The van der Waals surface area contributed by atoms with E-state index in [0.717, 1.165) is 12.3 Å². The third-order valence-corrected chi connectivity index (χ3v) is 1.37. The molecule has 0 aliphatic heterocycles. The highest BCUT2D eigenvalue weighted by Crippen LogP contribution is 2.27. The Morgan fingerprint density at radius 2 is 2.15 bits per heavy atom. The van der Waals surface area contributed by atoms with Gasteiger partial charge in [0, 0.05) is 0 Å². The molecule has 13 heavy (non-hydrogen) atoms. The largest absolute Gasteiger partial charge is 0.382 e. The second-order valence-electron chi connectivity index (χ2n) is 2.45. The van der Waals surface area contributed by atoms with Crippen LogP contribution < -0.4 is 5.73 Å². The van der Waals surface area contributed by atoms with Crippen molar-refractivity contribution < 1.29 is 8.78 Å². The van der Waals surface area contributed by atoms with Gasteiger partial charge < -0.3 is 5.73 Å². The number of alkyl halides is 2. The van der Waals surface area contributed by atoms with Crippen LogP contribution in [-0.4, -0.2) is 9.97 Å². The summed E-state index contributed by atoms with van der Waals surface area (Å²) >= 11 is 0. The van der Waals surface area contributed by atoms with Crippen LogP contribution in [0.15, 0.2) is 24.5 Å². The molecule has 0 aromatic carbocycles. The Morgan fingerprint density at radius 3 is 2.69 bits per heavy atom. The van der Waals surface area contributed by atoms with Crippen LogP contribution in [0.25, 0.3) is 0 Å². The van der Waals surface area contributed by atoms with Crippen LogP contribution in [0.3, 0.4) is 0 Å². The minimum absolute atomic E-state index is 0.0123. The van der Waals surface area contributed by atoms with E-state index in [2.05, 4.69) is 9.97 Å². The van der Waals surface area contributed by atoms with Crippen LogP contribution in [0.5, 0.6) is 0 Å². The Balaban J connectivity index is 3.07. The van der Waals surface area contributed by atoms with Crippen molar-refractivity contribution in [2.24, 2.45) is 0 Å². The monoisotopic (exact) mass is 185 g/mol. The number of allylic oxidation sites excluding steroid dienone is 2. The molecule has 0 atom stereocenters. The Morgan fingerprint density at radius 1 is 1.46 bits per heavy atom. The Kier molecular flexibility index (Phi) is 2.55. The molecule has 2 N–H and O–H groups in total. The number of hydrogen-bond donors (Lipinski definition) is 1. The van der Waals surface area contributed by atoms with E-state index >= 15 is 0 Å². The topological polar surface area (TPSA) is 51.8 Å². The van der Waals surface area contributed by atoms with Crippen molar-refractivity contribution in [3.8, 4) is 0 Å². The second-order valence-corrected chi connectivity index (χ2v) is 2.45. The molecular weight excluding hydrogens is 176 g/mol. The molecular formula is C8H9F2N3. The first kappa shape index (κ1) is 9.57. The van der Waals surface area contributed by atoms with Gasteiger partial charge in [-0.05, 0) is 13.0 Å². The van der Waals surface area contributed by atoms with Crippen molar-refractivity contribution in [1.29, 1.82) is 0 Å². The summed E-state index contributed by atoms with van der Waals surface area (Å²) in [5, 5.41) is 0. The van der Waals surface area contributed by atoms with Crippen LogP contribution >= 0.6 is 0 Å². The highest BCUT2D eigenvalue weighted by Gasteiger charge is 2.29. The summed E-state index contributed by atoms with van der Waals surface area (Å²) in [5.41, 5.74) is 4.78. The zero-order chi connectivity index (χ0) is 9.90. The Labute approximate surface area is 74.3 Å². The zero-order valence-electron chi connectivity index (χ0n) is 7.04. The molecule has 1 rings (SSSR count). The molecule has 0 spiro atoms. The van der Waals surface area contributed by atoms with Gasteiger partial charge in [-0.1, -0.05) is 6.08 Å². The first-order chi connectivity index (χ1) is 6.06. The Hall–Kier alpha value is -1.52. The molecule has 1 heterocycles. The van der Waals surface area contributed by atoms with E-state index in [9.17, 15) is 8.78 Å². The van der Waals surface area contributed by atoms with Gasteiger partial charge in [-0.25, -0.2) is 4.98 Å². The molecule has 0 saturated carbocycles. The van der Waals surface area contributed by atoms with Crippen molar-refractivity contribution in [3.63, 3.8) is 0 Å².